The highest BCUT2D eigenvalue weighted by Crippen LogP contribution is 2.25. The van der Waals surface area contributed by atoms with Crippen molar-refractivity contribution in [3.05, 3.63) is 60.2 Å². The average molecular weight is 230 g/mol. The molecule has 82 valence electrons. The molecule has 0 bridgehead atoms. The molecule has 0 aliphatic carbocycles. The van der Waals surface area contributed by atoms with Gasteiger partial charge in [0.05, 0.1) is 17.9 Å². The summed E-state index contributed by atoms with van der Waals surface area (Å²) in [5.74, 6) is 0. The van der Waals surface area contributed by atoms with Crippen molar-refractivity contribution < 1.29 is 0 Å². The molecule has 0 unspecified atom stereocenters. The molecule has 0 spiro atoms. The number of hydrogen-bond donors (Lipinski definition) is 2. The van der Waals surface area contributed by atoms with Gasteiger partial charge in [-0.15, -0.1) is 0 Å². The lowest BCUT2D eigenvalue weighted by Gasteiger charge is -2.19. The molecule has 0 aliphatic heterocycles. The lowest BCUT2D eigenvalue weighted by Crippen LogP contribution is -2.11. The van der Waals surface area contributed by atoms with E-state index in [-0.39, 0.29) is 0 Å². The highest BCUT2D eigenvalue weighted by atomic mass is 32.1. The first kappa shape index (κ1) is 10.9. The second kappa shape index (κ2) is 4.94. The molecular weight excluding hydrogens is 216 g/mol. The third-order valence-electron chi connectivity index (χ3n) is 2.39. The molecule has 2 N–H and O–H groups in total. The molecule has 3 heteroatoms. The molecule has 0 aliphatic rings. The van der Waals surface area contributed by atoms with E-state index in [1.807, 2.05) is 46.8 Å². The fourth-order valence-corrected chi connectivity index (χ4v) is 1.91. The molecule has 2 rings (SSSR count). The van der Waals surface area contributed by atoms with Crippen LogP contribution in [0.15, 0.2) is 54.6 Å². The molecular formula is C13H14N2S. The zero-order valence-electron chi connectivity index (χ0n) is 8.88. The topological polar surface area (TPSA) is 29.3 Å². The maximum absolute atomic E-state index is 5.88. The summed E-state index contributed by atoms with van der Waals surface area (Å²) in [5.41, 5.74) is 8.78. The number of para-hydroxylation sites is 2. The van der Waals surface area contributed by atoms with E-state index in [1.54, 1.807) is 0 Å². The van der Waals surface area contributed by atoms with Crippen molar-refractivity contribution in [3.8, 4) is 0 Å². The van der Waals surface area contributed by atoms with E-state index in [9.17, 15) is 0 Å². The highest BCUT2D eigenvalue weighted by molar-refractivity contribution is 7.81. The first-order chi connectivity index (χ1) is 7.77. The molecule has 0 aromatic heterocycles. The maximum atomic E-state index is 5.88. The number of rotatable bonds is 3. The third kappa shape index (κ3) is 2.49. The summed E-state index contributed by atoms with van der Waals surface area (Å²) < 4.78 is 1.85. The van der Waals surface area contributed by atoms with Crippen molar-refractivity contribution in [2.75, 3.05) is 10.0 Å². The number of hydrogen-bond acceptors (Lipinski definition) is 3. The third-order valence-corrected chi connectivity index (χ3v) is 2.75. The second-order valence-corrected chi connectivity index (χ2v) is 4.08. The molecule has 0 saturated carbocycles. The number of thiol groups is 1. The maximum Gasteiger partial charge on any atom is 0.0700 e. The van der Waals surface area contributed by atoms with Crippen LogP contribution in [0.2, 0.25) is 0 Å². The minimum Gasteiger partial charge on any atom is -0.397 e. The van der Waals surface area contributed by atoms with Gasteiger partial charge in [0.1, 0.15) is 0 Å². The number of anilines is 2. The summed E-state index contributed by atoms with van der Waals surface area (Å²) in [6.07, 6.45) is 0. The Bertz CT molecular complexity index is 456. The molecule has 0 amide bonds. The summed E-state index contributed by atoms with van der Waals surface area (Å²) in [7, 11) is 0. The SMILES string of the molecule is Nc1ccccc1N(S)Cc1ccccc1. The van der Waals surface area contributed by atoms with E-state index in [0.29, 0.717) is 0 Å². The zero-order valence-corrected chi connectivity index (χ0v) is 9.77. The highest BCUT2D eigenvalue weighted by Gasteiger charge is 2.05. The summed E-state index contributed by atoms with van der Waals surface area (Å²) in [6, 6.07) is 17.9. The zero-order chi connectivity index (χ0) is 11.4. The molecule has 0 radical (unpaired) electrons. The first-order valence-corrected chi connectivity index (χ1v) is 5.52. The lowest BCUT2D eigenvalue weighted by atomic mass is 10.2. The van der Waals surface area contributed by atoms with Crippen LogP contribution < -0.4 is 10.0 Å². The number of nitrogens with two attached hydrogens (primary N) is 1. The molecule has 2 nitrogen and oxygen atoms in total. The largest absolute Gasteiger partial charge is 0.397 e. The number of nitrogens with zero attached hydrogens (tertiary/aromatic N) is 1. The summed E-state index contributed by atoms with van der Waals surface area (Å²) in [4.78, 5) is 0. The fourth-order valence-electron chi connectivity index (χ4n) is 1.56. The van der Waals surface area contributed by atoms with Gasteiger partial charge in [-0.05, 0) is 17.7 Å². The second-order valence-electron chi connectivity index (χ2n) is 3.60. The lowest BCUT2D eigenvalue weighted by molar-refractivity contribution is 1.06. The van der Waals surface area contributed by atoms with Gasteiger partial charge in [-0.25, -0.2) is 0 Å². The van der Waals surface area contributed by atoms with Crippen molar-refractivity contribution >= 4 is 24.2 Å². The van der Waals surface area contributed by atoms with E-state index in [2.05, 4.69) is 24.9 Å². The van der Waals surface area contributed by atoms with Gasteiger partial charge in [0.2, 0.25) is 0 Å². The van der Waals surface area contributed by atoms with Gasteiger partial charge in [0, 0.05) is 0 Å². The summed E-state index contributed by atoms with van der Waals surface area (Å²) in [5, 5.41) is 0. The molecule has 0 fully saturated rings. The quantitative estimate of drug-likeness (QED) is 0.626. The van der Waals surface area contributed by atoms with E-state index in [0.717, 1.165) is 17.9 Å². The van der Waals surface area contributed by atoms with Crippen molar-refractivity contribution in [1.29, 1.82) is 0 Å². The van der Waals surface area contributed by atoms with E-state index in [1.165, 1.54) is 5.56 Å². The van der Waals surface area contributed by atoms with Crippen LogP contribution in [0.25, 0.3) is 0 Å². The van der Waals surface area contributed by atoms with E-state index >= 15 is 0 Å². The molecule has 16 heavy (non-hydrogen) atoms. The Morgan fingerprint density at radius 3 is 2.25 bits per heavy atom. The predicted octanol–water partition coefficient (Wildman–Crippen LogP) is 3.12. The van der Waals surface area contributed by atoms with Crippen LogP contribution in [0.1, 0.15) is 5.56 Å². The van der Waals surface area contributed by atoms with Gasteiger partial charge in [0.15, 0.2) is 0 Å². The van der Waals surface area contributed by atoms with Crippen molar-refractivity contribution in [2.45, 2.75) is 6.54 Å². The van der Waals surface area contributed by atoms with Gasteiger partial charge >= 0.3 is 0 Å². The predicted molar refractivity (Wildman–Crippen MR) is 72.5 cm³/mol. The van der Waals surface area contributed by atoms with Crippen LogP contribution in [0.5, 0.6) is 0 Å². The number of nitrogen functional groups attached to an aromatic ring is 1. The van der Waals surface area contributed by atoms with Crippen LogP contribution in [0.4, 0.5) is 11.4 Å². The van der Waals surface area contributed by atoms with E-state index < -0.39 is 0 Å². The molecule has 0 heterocycles. The average Bonchev–Trinajstić information content (AvgIpc) is 2.31. The van der Waals surface area contributed by atoms with Crippen molar-refractivity contribution in [3.63, 3.8) is 0 Å². The van der Waals surface area contributed by atoms with Crippen molar-refractivity contribution in [1.82, 2.24) is 0 Å². The molecule has 0 saturated heterocycles. The Kier molecular flexibility index (Phi) is 3.37. The molecule has 2 aromatic carbocycles. The van der Waals surface area contributed by atoms with Crippen LogP contribution >= 0.6 is 12.8 Å². The summed E-state index contributed by atoms with van der Waals surface area (Å²) in [6.45, 7) is 0.734. The Morgan fingerprint density at radius 1 is 0.938 bits per heavy atom. The van der Waals surface area contributed by atoms with Crippen LogP contribution in [-0.2, 0) is 6.54 Å². The monoisotopic (exact) mass is 230 g/mol. The Hall–Kier alpha value is -1.61. The van der Waals surface area contributed by atoms with E-state index in [4.69, 9.17) is 5.73 Å². The minimum atomic E-state index is 0.734. The van der Waals surface area contributed by atoms with Gasteiger partial charge in [0.25, 0.3) is 0 Å². The van der Waals surface area contributed by atoms with Gasteiger partial charge < -0.3 is 10.0 Å². The molecule has 2 aromatic rings. The first-order valence-electron chi connectivity index (χ1n) is 5.12. The summed E-state index contributed by atoms with van der Waals surface area (Å²) >= 11 is 4.45. The van der Waals surface area contributed by atoms with Crippen molar-refractivity contribution in [2.24, 2.45) is 0 Å². The smallest absolute Gasteiger partial charge is 0.0700 e. The van der Waals surface area contributed by atoms with Crippen LogP contribution in [0, 0.1) is 0 Å². The van der Waals surface area contributed by atoms with Gasteiger partial charge in [-0.2, -0.15) is 0 Å². The number of benzene rings is 2. The van der Waals surface area contributed by atoms with Crippen LogP contribution in [0.3, 0.4) is 0 Å². The molecule has 0 atom stereocenters. The normalized spacial score (nSPS) is 10.1. The minimum absolute atomic E-state index is 0.734. The van der Waals surface area contributed by atoms with Crippen LogP contribution in [-0.4, -0.2) is 0 Å². The Balaban J connectivity index is 2.15. The standard InChI is InChI=1S/C13H14N2S/c14-12-8-4-5-9-13(12)15(16)10-11-6-2-1-3-7-11/h1-9,16H,10,14H2. The van der Waals surface area contributed by atoms with Gasteiger partial charge in [-0.3, -0.25) is 0 Å². The Labute approximate surface area is 101 Å². The Morgan fingerprint density at radius 2 is 1.56 bits per heavy atom. The van der Waals surface area contributed by atoms with Gasteiger partial charge in [-0.1, -0.05) is 55.3 Å². The fraction of sp³-hybridized carbons (Fsp3) is 0.0769.